The van der Waals surface area contributed by atoms with Crippen LogP contribution >= 0.6 is 15.9 Å². The molecule has 1 aromatic carbocycles. The van der Waals surface area contributed by atoms with Gasteiger partial charge in [0.25, 0.3) is 0 Å². The molecule has 0 atom stereocenters. The first-order valence-corrected chi connectivity index (χ1v) is 4.68. The standard InChI is InChI=1S/C9H12BrNO2/c1-6-3-8(13-2)4-7(5-11-12)9(6)10/h3-4,11-12H,5H2,1-2H3. The summed E-state index contributed by atoms with van der Waals surface area (Å²) in [6.07, 6.45) is 0. The smallest absolute Gasteiger partial charge is 0.119 e. The third-order valence-corrected chi connectivity index (χ3v) is 2.94. The minimum atomic E-state index is 0.401. The number of hydroxylamine groups is 1. The first-order chi connectivity index (χ1) is 6.19. The lowest BCUT2D eigenvalue weighted by Gasteiger charge is -2.09. The van der Waals surface area contributed by atoms with E-state index >= 15 is 0 Å². The minimum absolute atomic E-state index is 0.401. The molecule has 1 rings (SSSR count). The molecule has 0 aliphatic heterocycles. The lowest BCUT2D eigenvalue weighted by molar-refractivity contribution is 0.161. The number of hydrogen-bond acceptors (Lipinski definition) is 3. The number of rotatable bonds is 3. The van der Waals surface area contributed by atoms with E-state index in [-0.39, 0.29) is 0 Å². The van der Waals surface area contributed by atoms with Crippen LogP contribution in [0.3, 0.4) is 0 Å². The average molecular weight is 246 g/mol. The molecule has 0 aromatic heterocycles. The Balaban J connectivity index is 3.09. The molecule has 0 spiro atoms. The van der Waals surface area contributed by atoms with Crippen LogP contribution in [-0.4, -0.2) is 12.3 Å². The third-order valence-electron chi connectivity index (χ3n) is 1.81. The molecule has 3 nitrogen and oxygen atoms in total. The van der Waals surface area contributed by atoms with E-state index in [1.807, 2.05) is 19.1 Å². The highest BCUT2D eigenvalue weighted by atomic mass is 79.9. The van der Waals surface area contributed by atoms with Gasteiger partial charge in [0.1, 0.15) is 5.75 Å². The maximum atomic E-state index is 8.59. The molecule has 0 fully saturated rings. The van der Waals surface area contributed by atoms with Crippen LogP contribution in [-0.2, 0) is 6.54 Å². The summed E-state index contributed by atoms with van der Waals surface area (Å²) in [5, 5.41) is 8.59. The van der Waals surface area contributed by atoms with Gasteiger partial charge in [0.05, 0.1) is 7.11 Å². The highest BCUT2D eigenvalue weighted by Gasteiger charge is 2.05. The molecule has 0 unspecified atom stereocenters. The Morgan fingerprint density at radius 1 is 1.54 bits per heavy atom. The van der Waals surface area contributed by atoms with Gasteiger partial charge >= 0.3 is 0 Å². The molecule has 0 bridgehead atoms. The lowest BCUT2D eigenvalue weighted by atomic mass is 10.1. The molecule has 4 heteroatoms. The lowest BCUT2D eigenvalue weighted by Crippen LogP contribution is -2.07. The van der Waals surface area contributed by atoms with Crippen molar-refractivity contribution in [3.63, 3.8) is 0 Å². The zero-order valence-corrected chi connectivity index (χ0v) is 9.18. The molecule has 0 aliphatic rings. The van der Waals surface area contributed by atoms with Crippen LogP contribution in [0.15, 0.2) is 16.6 Å². The second kappa shape index (κ2) is 4.60. The predicted octanol–water partition coefficient (Wildman–Crippen LogP) is 2.24. The summed E-state index contributed by atoms with van der Waals surface area (Å²) < 4.78 is 6.10. The van der Waals surface area contributed by atoms with Crippen molar-refractivity contribution in [1.29, 1.82) is 0 Å². The van der Waals surface area contributed by atoms with Crippen molar-refractivity contribution in [2.45, 2.75) is 13.5 Å². The molecule has 2 N–H and O–H groups in total. The molecule has 13 heavy (non-hydrogen) atoms. The summed E-state index contributed by atoms with van der Waals surface area (Å²) in [7, 11) is 1.62. The number of hydrogen-bond donors (Lipinski definition) is 2. The number of aryl methyl sites for hydroxylation is 1. The van der Waals surface area contributed by atoms with Gasteiger partial charge in [-0.2, -0.15) is 0 Å². The molecule has 0 heterocycles. The molecule has 0 amide bonds. The molecular formula is C9H12BrNO2. The second-order valence-electron chi connectivity index (χ2n) is 2.75. The van der Waals surface area contributed by atoms with E-state index in [0.717, 1.165) is 21.3 Å². The Labute approximate surface area is 85.8 Å². The molecule has 72 valence electrons. The van der Waals surface area contributed by atoms with E-state index in [0.29, 0.717) is 6.54 Å². The van der Waals surface area contributed by atoms with Crippen LogP contribution in [0, 0.1) is 6.92 Å². The Bertz CT molecular complexity index is 302. The molecule has 0 saturated heterocycles. The molecule has 1 aromatic rings. The third kappa shape index (κ3) is 2.43. The predicted molar refractivity (Wildman–Crippen MR) is 54.1 cm³/mol. The average Bonchev–Trinajstić information content (AvgIpc) is 2.13. The number of nitrogens with one attached hydrogen (secondary N) is 1. The van der Waals surface area contributed by atoms with Gasteiger partial charge in [-0.3, -0.25) is 0 Å². The highest BCUT2D eigenvalue weighted by molar-refractivity contribution is 9.10. The SMILES string of the molecule is COc1cc(C)c(Br)c(CNO)c1. The van der Waals surface area contributed by atoms with Crippen LogP contribution in [0.4, 0.5) is 0 Å². The molecule has 0 aliphatic carbocycles. The summed E-state index contributed by atoms with van der Waals surface area (Å²) in [5.41, 5.74) is 4.18. The van der Waals surface area contributed by atoms with E-state index in [9.17, 15) is 0 Å². The van der Waals surface area contributed by atoms with Gasteiger partial charge in [0.2, 0.25) is 0 Å². The van der Waals surface area contributed by atoms with E-state index in [2.05, 4.69) is 21.4 Å². The van der Waals surface area contributed by atoms with Crippen LogP contribution in [0.2, 0.25) is 0 Å². The molecular weight excluding hydrogens is 234 g/mol. The second-order valence-corrected chi connectivity index (χ2v) is 3.55. The topological polar surface area (TPSA) is 41.5 Å². The number of methoxy groups -OCH3 is 1. The van der Waals surface area contributed by atoms with E-state index in [1.165, 1.54) is 0 Å². The highest BCUT2D eigenvalue weighted by Crippen LogP contribution is 2.26. The van der Waals surface area contributed by atoms with Crippen LogP contribution in [0.5, 0.6) is 5.75 Å². The first-order valence-electron chi connectivity index (χ1n) is 3.89. The first kappa shape index (κ1) is 10.5. The Morgan fingerprint density at radius 2 is 2.23 bits per heavy atom. The minimum Gasteiger partial charge on any atom is -0.497 e. The summed E-state index contributed by atoms with van der Waals surface area (Å²) in [5.74, 6) is 0.797. The number of ether oxygens (including phenoxy) is 1. The largest absolute Gasteiger partial charge is 0.497 e. The maximum absolute atomic E-state index is 8.59. The summed E-state index contributed by atoms with van der Waals surface area (Å²) >= 11 is 3.44. The Hall–Kier alpha value is -0.580. The van der Waals surface area contributed by atoms with E-state index in [4.69, 9.17) is 9.94 Å². The molecule has 0 radical (unpaired) electrons. The van der Waals surface area contributed by atoms with Gasteiger partial charge in [-0.15, -0.1) is 0 Å². The van der Waals surface area contributed by atoms with Crippen LogP contribution in [0.25, 0.3) is 0 Å². The summed E-state index contributed by atoms with van der Waals surface area (Å²) in [6.45, 7) is 2.38. The fraction of sp³-hybridized carbons (Fsp3) is 0.333. The number of halogens is 1. The zero-order chi connectivity index (χ0) is 9.84. The van der Waals surface area contributed by atoms with Gasteiger partial charge in [0.15, 0.2) is 0 Å². The summed E-state index contributed by atoms with van der Waals surface area (Å²) in [4.78, 5) is 0. The molecule has 0 saturated carbocycles. The Kier molecular flexibility index (Phi) is 3.71. The fourth-order valence-corrected chi connectivity index (χ4v) is 1.51. The van der Waals surface area contributed by atoms with Crippen molar-refractivity contribution in [3.05, 3.63) is 27.7 Å². The van der Waals surface area contributed by atoms with Crippen molar-refractivity contribution in [2.75, 3.05) is 7.11 Å². The zero-order valence-electron chi connectivity index (χ0n) is 7.60. The van der Waals surface area contributed by atoms with E-state index in [1.54, 1.807) is 7.11 Å². The van der Waals surface area contributed by atoms with Gasteiger partial charge < -0.3 is 9.94 Å². The quantitative estimate of drug-likeness (QED) is 0.803. The number of benzene rings is 1. The monoisotopic (exact) mass is 245 g/mol. The van der Waals surface area contributed by atoms with Crippen LogP contribution in [0.1, 0.15) is 11.1 Å². The van der Waals surface area contributed by atoms with Crippen molar-refractivity contribution in [1.82, 2.24) is 5.48 Å². The van der Waals surface area contributed by atoms with Gasteiger partial charge in [-0.1, -0.05) is 15.9 Å². The Morgan fingerprint density at radius 3 is 2.77 bits per heavy atom. The van der Waals surface area contributed by atoms with E-state index < -0.39 is 0 Å². The van der Waals surface area contributed by atoms with Gasteiger partial charge in [-0.25, -0.2) is 5.48 Å². The maximum Gasteiger partial charge on any atom is 0.119 e. The van der Waals surface area contributed by atoms with Crippen LogP contribution < -0.4 is 10.2 Å². The van der Waals surface area contributed by atoms with Gasteiger partial charge in [0, 0.05) is 11.0 Å². The van der Waals surface area contributed by atoms with Crippen molar-refractivity contribution in [2.24, 2.45) is 0 Å². The summed E-state index contributed by atoms with van der Waals surface area (Å²) in [6, 6.07) is 3.81. The fourth-order valence-electron chi connectivity index (χ4n) is 1.14. The van der Waals surface area contributed by atoms with Gasteiger partial charge in [-0.05, 0) is 30.2 Å². The normalized spacial score (nSPS) is 10.2. The van der Waals surface area contributed by atoms with Crippen molar-refractivity contribution < 1.29 is 9.94 Å². The van der Waals surface area contributed by atoms with Crippen molar-refractivity contribution >= 4 is 15.9 Å². The van der Waals surface area contributed by atoms with Crippen molar-refractivity contribution in [3.8, 4) is 5.75 Å².